The molecule has 1 unspecified atom stereocenters. The number of benzene rings is 1. The quantitative estimate of drug-likeness (QED) is 0.735. The first-order valence-electron chi connectivity index (χ1n) is 5.47. The Morgan fingerprint density at radius 1 is 1.53 bits per heavy atom. The van der Waals surface area contributed by atoms with E-state index in [2.05, 4.69) is 0 Å². The summed E-state index contributed by atoms with van der Waals surface area (Å²) in [7, 11) is 0. The molecule has 5 nitrogen and oxygen atoms in total. The maximum atomic E-state index is 11.8. The van der Waals surface area contributed by atoms with E-state index in [0.717, 1.165) is 11.3 Å². The van der Waals surface area contributed by atoms with Gasteiger partial charge in [-0.25, -0.2) is 0 Å². The third-order valence-corrected chi connectivity index (χ3v) is 2.98. The number of amides is 2. The molecule has 0 aromatic heterocycles. The summed E-state index contributed by atoms with van der Waals surface area (Å²) in [6, 6.07) is 5.35. The van der Waals surface area contributed by atoms with Crippen molar-refractivity contribution in [3.63, 3.8) is 0 Å². The van der Waals surface area contributed by atoms with Crippen LogP contribution in [0.4, 0.5) is 11.4 Å². The molecular formula is C12H15N3O2. The average Bonchev–Trinajstić information content (AvgIpc) is 2.54. The van der Waals surface area contributed by atoms with Gasteiger partial charge in [-0.05, 0) is 23.8 Å². The van der Waals surface area contributed by atoms with Gasteiger partial charge < -0.3 is 16.4 Å². The minimum atomic E-state index is -0.401. The second kappa shape index (κ2) is 4.08. The Morgan fingerprint density at radius 3 is 2.88 bits per heavy atom. The minimum absolute atomic E-state index is 0.0151. The van der Waals surface area contributed by atoms with Crippen molar-refractivity contribution in [3.05, 3.63) is 23.8 Å². The van der Waals surface area contributed by atoms with Crippen LogP contribution in [0.5, 0.6) is 0 Å². The zero-order valence-corrected chi connectivity index (χ0v) is 9.64. The van der Waals surface area contributed by atoms with Crippen molar-refractivity contribution >= 4 is 23.2 Å². The van der Waals surface area contributed by atoms with E-state index in [1.165, 1.54) is 0 Å². The lowest BCUT2D eigenvalue weighted by Crippen LogP contribution is -2.36. The summed E-state index contributed by atoms with van der Waals surface area (Å²) in [5, 5.41) is 0. The van der Waals surface area contributed by atoms with Crippen molar-refractivity contribution in [1.82, 2.24) is 0 Å². The maximum absolute atomic E-state index is 11.8. The van der Waals surface area contributed by atoms with E-state index in [1.807, 2.05) is 6.07 Å². The van der Waals surface area contributed by atoms with Gasteiger partial charge in [0.25, 0.3) is 0 Å². The Balaban J connectivity index is 2.26. The molecule has 17 heavy (non-hydrogen) atoms. The Labute approximate surface area is 99.4 Å². The second-order valence-electron chi connectivity index (χ2n) is 4.37. The Hall–Kier alpha value is -2.04. The van der Waals surface area contributed by atoms with Crippen LogP contribution in [0.3, 0.4) is 0 Å². The van der Waals surface area contributed by atoms with E-state index in [0.29, 0.717) is 18.7 Å². The number of anilines is 2. The summed E-state index contributed by atoms with van der Waals surface area (Å²) in [4.78, 5) is 24.5. The minimum Gasteiger partial charge on any atom is -0.399 e. The molecule has 1 aliphatic heterocycles. The summed E-state index contributed by atoms with van der Waals surface area (Å²) in [5.74, 6) is -0.775. The largest absolute Gasteiger partial charge is 0.399 e. The number of hydrogen-bond donors (Lipinski definition) is 2. The fourth-order valence-corrected chi connectivity index (χ4v) is 1.97. The van der Waals surface area contributed by atoms with Crippen molar-refractivity contribution in [2.75, 3.05) is 17.2 Å². The second-order valence-corrected chi connectivity index (χ2v) is 4.37. The van der Waals surface area contributed by atoms with Gasteiger partial charge in [-0.2, -0.15) is 0 Å². The van der Waals surface area contributed by atoms with Gasteiger partial charge in [-0.3, -0.25) is 9.59 Å². The molecule has 1 heterocycles. The molecule has 0 aliphatic carbocycles. The fourth-order valence-electron chi connectivity index (χ4n) is 1.97. The smallest absolute Gasteiger partial charge is 0.231 e. The molecule has 1 atom stereocenters. The normalized spacial score (nSPS) is 15.8. The lowest BCUT2D eigenvalue weighted by molar-refractivity contribution is -0.121. The predicted molar refractivity (Wildman–Crippen MR) is 65.3 cm³/mol. The number of nitrogens with two attached hydrogens (primary N) is 2. The lowest BCUT2D eigenvalue weighted by atomic mass is 10.1. The molecule has 1 aromatic carbocycles. The van der Waals surface area contributed by atoms with Crippen LogP contribution >= 0.6 is 0 Å². The van der Waals surface area contributed by atoms with Gasteiger partial charge in [-0.15, -0.1) is 0 Å². The number of nitrogen functional groups attached to an aromatic ring is 1. The first-order chi connectivity index (χ1) is 7.99. The Kier molecular flexibility index (Phi) is 2.75. The molecule has 0 spiro atoms. The van der Waals surface area contributed by atoms with Crippen LogP contribution in [-0.2, 0) is 16.0 Å². The van der Waals surface area contributed by atoms with Gasteiger partial charge in [0.05, 0.1) is 12.3 Å². The molecule has 4 N–H and O–H groups in total. The molecule has 1 aromatic rings. The van der Waals surface area contributed by atoms with Crippen molar-refractivity contribution < 1.29 is 9.59 Å². The number of rotatable bonds is 3. The van der Waals surface area contributed by atoms with Crippen molar-refractivity contribution in [2.45, 2.75) is 13.3 Å². The van der Waals surface area contributed by atoms with Crippen LogP contribution in [0.1, 0.15) is 12.5 Å². The molecule has 0 saturated heterocycles. The van der Waals surface area contributed by atoms with Crippen LogP contribution in [0, 0.1) is 5.92 Å². The SMILES string of the molecule is CC(CN1C(=O)Cc2cc(N)ccc21)C(N)=O. The van der Waals surface area contributed by atoms with E-state index < -0.39 is 5.91 Å². The summed E-state index contributed by atoms with van der Waals surface area (Å²) >= 11 is 0. The zero-order valence-electron chi connectivity index (χ0n) is 9.64. The van der Waals surface area contributed by atoms with E-state index in [4.69, 9.17) is 11.5 Å². The summed E-state index contributed by atoms with van der Waals surface area (Å²) in [6.07, 6.45) is 0.339. The van der Waals surface area contributed by atoms with Crippen LogP contribution in [-0.4, -0.2) is 18.4 Å². The summed E-state index contributed by atoms with van der Waals surface area (Å²) in [6.45, 7) is 2.04. The topological polar surface area (TPSA) is 89.4 Å². The Morgan fingerprint density at radius 2 is 2.24 bits per heavy atom. The zero-order chi connectivity index (χ0) is 12.6. The van der Waals surface area contributed by atoms with Crippen LogP contribution in [0.15, 0.2) is 18.2 Å². The molecule has 1 aliphatic rings. The first-order valence-corrected chi connectivity index (χ1v) is 5.47. The van der Waals surface area contributed by atoms with Crippen LogP contribution in [0.25, 0.3) is 0 Å². The highest BCUT2D eigenvalue weighted by atomic mass is 16.2. The number of nitrogens with zero attached hydrogens (tertiary/aromatic N) is 1. The predicted octanol–water partition coefficient (Wildman–Crippen LogP) is 0.279. The van der Waals surface area contributed by atoms with E-state index in [9.17, 15) is 9.59 Å². The molecule has 2 rings (SSSR count). The lowest BCUT2D eigenvalue weighted by Gasteiger charge is -2.20. The Bertz CT molecular complexity index is 485. The van der Waals surface area contributed by atoms with Gasteiger partial charge in [0, 0.05) is 17.9 Å². The molecule has 5 heteroatoms. The molecule has 0 radical (unpaired) electrons. The van der Waals surface area contributed by atoms with E-state index in [1.54, 1.807) is 24.0 Å². The summed E-state index contributed by atoms with van der Waals surface area (Å²) < 4.78 is 0. The molecular weight excluding hydrogens is 218 g/mol. The van der Waals surface area contributed by atoms with Crippen molar-refractivity contribution in [3.8, 4) is 0 Å². The number of carbonyl (C=O) groups excluding carboxylic acids is 2. The van der Waals surface area contributed by atoms with E-state index in [-0.39, 0.29) is 11.8 Å². The summed E-state index contributed by atoms with van der Waals surface area (Å²) in [5.41, 5.74) is 13.3. The number of hydrogen-bond acceptors (Lipinski definition) is 3. The molecule has 0 bridgehead atoms. The number of carbonyl (C=O) groups is 2. The molecule has 90 valence electrons. The third-order valence-electron chi connectivity index (χ3n) is 2.98. The van der Waals surface area contributed by atoms with Crippen molar-refractivity contribution in [1.29, 1.82) is 0 Å². The standard InChI is InChI=1S/C12H15N3O2/c1-7(12(14)17)6-15-10-3-2-9(13)4-8(10)5-11(15)16/h2-4,7H,5-6,13H2,1H3,(H2,14,17). The van der Waals surface area contributed by atoms with Crippen LogP contribution < -0.4 is 16.4 Å². The van der Waals surface area contributed by atoms with E-state index >= 15 is 0 Å². The third kappa shape index (κ3) is 2.08. The van der Waals surface area contributed by atoms with Gasteiger partial charge >= 0.3 is 0 Å². The van der Waals surface area contributed by atoms with Crippen molar-refractivity contribution in [2.24, 2.45) is 11.7 Å². The maximum Gasteiger partial charge on any atom is 0.231 e. The van der Waals surface area contributed by atoms with Gasteiger partial charge in [0.15, 0.2) is 0 Å². The number of fused-ring (bicyclic) bond motifs is 1. The highest BCUT2D eigenvalue weighted by Gasteiger charge is 2.29. The highest BCUT2D eigenvalue weighted by Crippen LogP contribution is 2.30. The average molecular weight is 233 g/mol. The number of primary amides is 1. The van der Waals surface area contributed by atoms with Gasteiger partial charge in [0.2, 0.25) is 11.8 Å². The highest BCUT2D eigenvalue weighted by molar-refractivity contribution is 6.02. The van der Waals surface area contributed by atoms with Crippen LogP contribution in [0.2, 0.25) is 0 Å². The molecule has 2 amide bonds. The van der Waals surface area contributed by atoms with Gasteiger partial charge in [-0.1, -0.05) is 6.92 Å². The molecule has 0 saturated carbocycles. The molecule has 0 fully saturated rings. The fraction of sp³-hybridized carbons (Fsp3) is 0.333. The monoisotopic (exact) mass is 233 g/mol. The van der Waals surface area contributed by atoms with Gasteiger partial charge in [0.1, 0.15) is 0 Å². The first kappa shape index (κ1) is 11.4.